The van der Waals surface area contributed by atoms with E-state index in [1.54, 1.807) is 6.26 Å². The molecule has 0 unspecified atom stereocenters. The van der Waals surface area contributed by atoms with Crippen molar-refractivity contribution in [1.82, 2.24) is 15.5 Å². The van der Waals surface area contributed by atoms with Crippen LogP contribution >= 0.6 is 0 Å². The van der Waals surface area contributed by atoms with Crippen LogP contribution in [0.2, 0.25) is 0 Å². The first-order valence-electron chi connectivity index (χ1n) is 6.96. The molecule has 112 valence electrons. The molecule has 2 heterocycles. The second-order valence-corrected chi connectivity index (χ2v) is 5.32. The number of furan rings is 1. The quantitative estimate of drug-likeness (QED) is 0.823. The molecule has 0 aromatic carbocycles. The second kappa shape index (κ2) is 7.31. The summed E-state index contributed by atoms with van der Waals surface area (Å²) < 4.78 is 10.7. The Hall–Kier alpha value is -1.53. The van der Waals surface area contributed by atoms with Crippen LogP contribution in [-0.2, 0) is 4.74 Å². The topological polar surface area (TPSA) is 66.7 Å². The van der Waals surface area contributed by atoms with Gasteiger partial charge >= 0.3 is 6.03 Å². The number of rotatable bonds is 6. The molecule has 6 nitrogen and oxygen atoms in total. The van der Waals surface area contributed by atoms with Crippen LogP contribution in [0.5, 0.6) is 0 Å². The number of likely N-dealkylation sites (N-methyl/N-ethyl adjacent to an activating group) is 1. The minimum absolute atomic E-state index is 0.0329. The summed E-state index contributed by atoms with van der Waals surface area (Å²) in [7, 11) is 3.92. The molecule has 0 saturated carbocycles. The minimum atomic E-state index is -0.143. The number of ether oxygens (including phenoxy) is 1. The van der Waals surface area contributed by atoms with Gasteiger partial charge in [0, 0.05) is 25.6 Å². The van der Waals surface area contributed by atoms with E-state index in [-0.39, 0.29) is 12.1 Å². The van der Waals surface area contributed by atoms with Crippen molar-refractivity contribution < 1.29 is 13.9 Å². The molecule has 2 N–H and O–H groups in total. The fourth-order valence-electron chi connectivity index (χ4n) is 2.25. The highest BCUT2D eigenvalue weighted by atomic mass is 16.5. The molecule has 0 bridgehead atoms. The molecule has 0 aliphatic carbocycles. The molecule has 0 spiro atoms. The van der Waals surface area contributed by atoms with Gasteiger partial charge in [0.05, 0.1) is 18.9 Å². The Morgan fingerprint density at radius 3 is 2.95 bits per heavy atom. The summed E-state index contributed by atoms with van der Waals surface area (Å²) in [6.45, 7) is 2.72. The highest BCUT2D eigenvalue weighted by Gasteiger charge is 2.19. The third-order valence-corrected chi connectivity index (χ3v) is 3.53. The van der Waals surface area contributed by atoms with Crippen LogP contribution < -0.4 is 10.6 Å². The summed E-state index contributed by atoms with van der Waals surface area (Å²) >= 11 is 0. The summed E-state index contributed by atoms with van der Waals surface area (Å²) in [5.41, 5.74) is 0. The number of carbonyl (C=O) groups excluding carboxylic acids is 1. The lowest BCUT2D eigenvalue weighted by atomic mass is 10.1. The molecule has 1 fully saturated rings. The number of nitrogens with zero attached hydrogens (tertiary/aromatic N) is 1. The zero-order valence-electron chi connectivity index (χ0n) is 12.1. The van der Waals surface area contributed by atoms with Crippen molar-refractivity contribution in [3.8, 4) is 0 Å². The normalized spacial score (nSPS) is 20.1. The predicted molar refractivity (Wildman–Crippen MR) is 75.5 cm³/mol. The molecule has 6 heteroatoms. The Morgan fingerprint density at radius 1 is 1.50 bits per heavy atom. The van der Waals surface area contributed by atoms with Crippen LogP contribution in [-0.4, -0.2) is 51.3 Å². The van der Waals surface area contributed by atoms with E-state index in [9.17, 15) is 4.79 Å². The molecule has 1 saturated heterocycles. The van der Waals surface area contributed by atoms with E-state index in [0.717, 1.165) is 25.4 Å². The van der Waals surface area contributed by atoms with Gasteiger partial charge in [0.15, 0.2) is 0 Å². The van der Waals surface area contributed by atoms with Gasteiger partial charge in [-0.2, -0.15) is 0 Å². The standard InChI is InChI=1S/C14H23N3O3/c1-17(2)12(13-4-3-6-20-13)9-16-14(18)15-8-11-5-7-19-10-11/h3-4,6,11-12H,5,7-10H2,1-2H3,(H2,15,16,18)/t11-,12+/m0/s1. The van der Waals surface area contributed by atoms with E-state index in [0.29, 0.717) is 19.0 Å². The average Bonchev–Trinajstić information content (AvgIpc) is 3.09. The minimum Gasteiger partial charge on any atom is -0.468 e. The molecular weight excluding hydrogens is 258 g/mol. The highest BCUT2D eigenvalue weighted by molar-refractivity contribution is 5.73. The smallest absolute Gasteiger partial charge is 0.314 e. The zero-order chi connectivity index (χ0) is 14.4. The highest BCUT2D eigenvalue weighted by Crippen LogP contribution is 2.17. The second-order valence-electron chi connectivity index (χ2n) is 5.32. The van der Waals surface area contributed by atoms with Crippen molar-refractivity contribution in [2.45, 2.75) is 12.5 Å². The molecular formula is C14H23N3O3. The first-order valence-corrected chi connectivity index (χ1v) is 6.96. The van der Waals surface area contributed by atoms with Crippen molar-refractivity contribution in [1.29, 1.82) is 0 Å². The molecule has 1 aromatic rings. The van der Waals surface area contributed by atoms with Gasteiger partial charge < -0.3 is 19.8 Å². The molecule has 2 rings (SSSR count). The van der Waals surface area contributed by atoms with Crippen molar-refractivity contribution in [2.24, 2.45) is 5.92 Å². The number of hydrogen-bond acceptors (Lipinski definition) is 4. The van der Waals surface area contributed by atoms with Gasteiger partial charge in [0.1, 0.15) is 5.76 Å². The Balaban J connectivity index is 1.73. The summed E-state index contributed by atoms with van der Waals surface area (Å²) in [4.78, 5) is 13.8. The number of amides is 2. The van der Waals surface area contributed by atoms with E-state index >= 15 is 0 Å². The lowest BCUT2D eigenvalue weighted by molar-refractivity contribution is 0.184. The molecule has 1 aliphatic heterocycles. The average molecular weight is 281 g/mol. The van der Waals surface area contributed by atoms with Crippen molar-refractivity contribution in [3.05, 3.63) is 24.2 Å². The maximum absolute atomic E-state index is 11.8. The van der Waals surface area contributed by atoms with Crippen LogP contribution in [0.4, 0.5) is 4.79 Å². The van der Waals surface area contributed by atoms with E-state index in [1.807, 2.05) is 31.1 Å². The summed E-state index contributed by atoms with van der Waals surface area (Å²) in [5.74, 6) is 1.29. The Morgan fingerprint density at radius 2 is 2.35 bits per heavy atom. The first-order chi connectivity index (χ1) is 9.66. The van der Waals surface area contributed by atoms with Gasteiger partial charge in [0.25, 0.3) is 0 Å². The van der Waals surface area contributed by atoms with E-state index in [2.05, 4.69) is 10.6 Å². The number of nitrogens with one attached hydrogen (secondary N) is 2. The lowest BCUT2D eigenvalue weighted by Gasteiger charge is -2.22. The fraction of sp³-hybridized carbons (Fsp3) is 0.643. The summed E-state index contributed by atoms with van der Waals surface area (Å²) in [6.07, 6.45) is 2.67. The molecule has 0 radical (unpaired) electrons. The fourth-order valence-corrected chi connectivity index (χ4v) is 2.25. The first kappa shape index (κ1) is 14.9. The van der Waals surface area contributed by atoms with Crippen LogP contribution in [0, 0.1) is 5.92 Å². The third kappa shape index (κ3) is 4.25. The number of carbonyl (C=O) groups is 1. The molecule has 1 aromatic heterocycles. The third-order valence-electron chi connectivity index (χ3n) is 3.53. The largest absolute Gasteiger partial charge is 0.468 e. The van der Waals surface area contributed by atoms with Crippen LogP contribution in [0.1, 0.15) is 18.2 Å². The number of hydrogen-bond donors (Lipinski definition) is 2. The summed E-state index contributed by atoms with van der Waals surface area (Å²) in [6, 6.07) is 3.66. The summed E-state index contributed by atoms with van der Waals surface area (Å²) in [5, 5.41) is 5.77. The van der Waals surface area contributed by atoms with Crippen LogP contribution in [0.25, 0.3) is 0 Å². The van der Waals surface area contributed by atoms with Gasteiger partial charge in [-0.25, -0.2) is 4.79 Å². The predicted octanol–water partition coefficient (Wildman–Crippen LogP) is 1.22. The van der Waals surface area contributed by atoms with E-state index < -0.39 is 0 Å². The lowest BCUT2D eigenvalue weighted by Crippen LogP contribution is -2.42. The Labute approximate surface area is 119 Å². The monoisotopic (exact) mass is 281 g/mol. The SMILES string of the molecule is CN(C)[C@H](CNC(=O)NC[C@@H]1CCOC1)c1ccco1. The Kier molecular flexibility index (Phi) is 5.43. The van der Waals surface area contributed by atoms with Crippen LogP contribution in [0.3, 0.4) is 0 Å². The van der Waals surface area contributed by atoms with E-state index in [1.165, 1.54) is 0 Å². The Bertz CT molecular complexity index is 400. The van der Waals surface area contributed by atoms with Gasteiger partial charge in [-0.3, -0.25) is 4.90 Å². The van der Waals surface area contributed by atoms with Gasteiger partial charge in [0.2, 0.25) is 0 Å². The molecule has 2 amide bonds. The van der Waals surface area contributed by atoms with Gasteiger partial charge in [-0.05, 0) is 32.6 Å². The number of urea groups is 1. The van der Waals surface area contributed by atoms with Crippen molar-refractivity contribution in [2.75, 3.05) is 40.4 Å². The van der Waals surface area contributed by atoms with Gasteiger partial charge in [-0.15, -0.1) is 0 Å². The van der Waals surface area contributed by atoms with Crippen LogP contribution in [0.15, 0.2) is 22.8 Å². The molecule has 20 heavy (non-hydrogen) atoms. The molecule has 1 aliphatic rings. The molecule has 2 atom stereocenters. The zero-order valence-corrected chi connectivity index (χ0v) is 12.1. The maximum atomic E-state index is 11.8. The van der Waals surface area contributed by atoms with Gasteiger partial charge in [-0.1, -0.05) is 0 Å². The van der Waals surface area contributed by atoms with Crippen molar-refractivity contribution >= 4 is 6.03 Å². The van der Waals surface area contributed by atoms with E-state index in [4.69, 9.17) is 9.15 Å². The van der Waals surface area contributed by atoms with Crippen molar-refractivity contribution in [3.63, 3.8) is 0 Å². The maximum Gasteiger partial charge on any atom is 0.314 e.